The molecule has 5 nitrogen and oxygen atoms in total. The van der Waals surface area contributed by atoms with Crippen molar-refractivity contribution in [2.24, 2.45) is 0 Å². The number of carbonyl (C=O) groups is 2. The van der Waals surface area contributed by atoms with Crippen molar-refractivity contribution in [3.05, 3.63) is 28.8 Å². The first-order valence-electron chi connectivity index (χ1n) is 5.48. The van der Waals surface area contributed by atoms with Gasteiger partial charge >= 0.3 is 5.97 Å². The molecule has 0 radical (unpaired) electrons. The molecule has 1 rings (SSSR count). The van der Waals surface area contributed by atoms with Crippen molar-refractivity contribution >= 4 is 35.2 Å². The molecule has 1 atom stereocenters. The van der Waals surface area contributed by atoms with E-state index in [0.717, 1.165) is 4.90 Å². The Balaban J connectivity index is 2.61. The molecule has 0 aliphatic rings. The second-order valence-corrected chi connectivity index (χ2v) is 5.03. The number of rotatable bonds is 6. The normalized spacial score (nSPS) is 11.9. The summed E-state index contributed by atoms with van der Waals surface area (Å²) in [5.74, 6) is -1.70. The van der Waals surface area contributed by atoms with Gasteiger partial charge in [-0.2, -0.15) is 0 Å². The Labute approximate surface area is 120 Å². The van der Waals surface area contributed by atoms with Gasteiger partial charge in [0.05, 0.1) is 10.6 Å². The van der Waals surface area contributed by atoms with Crippen LogP contribution in [0, 0.1) is 0 Å². The van der Waals surface area contributed by atoms with Crippen LogP contribution in [0.2, 0.25) is 5.02 Å². The van der Waals surface area contributed by atoms with Gasteiger partial charge in [-0.25, -0.2) is 4.79 Å². The maximum absolute atomic E-state index is 11.9. The van der Waals surface area contributed by atoms with Crippen LogP contribution >= 0.6 is 23.4 Å². The Kier molecular flexibility index (Phi) is 6.14. The predicted molar refractivity (Wildman–Crippen MR) is 73.8 cm³/mol. The first-order valence-corrected chi connectivity index (χ1v) is 7.08. The summed E-state index contributed by atoms with van der Waals surface area (Å²) < 4.78 is 0. The summed E-state index contributed by atoms with van der Waals surface area (Å²) in [7, 11) is 0. The van der Waals surface area contributed by atoms with Crippen LogP contribution in [0.4, 0.5) is 0 Å². The Morgan fingerprint density at radius 1 is 1.47 bits per heavy atom. The zero-order chi connectivity index (χ0) is 14.4. The number of aliphatic hydroxyl groups is 1. The van der Waals surface area contributed by atoms with Gasteiger partial charge in [0.25, 0.3) is 5.91 Å². The molecule has 3 N–H and O–H groups in total. The molecule has 0 saturated heterocycles. The predicted octanol–water partition coefficient (Wildman–Crippen LogP) is 1.63. The van der Waals surface area contributed by atoms with E-state index in [-0.39, 0.29) is 13.0 Å². The number of carbonyl (C=O) groups excluding carboxylic acids is 1. The van der Waals surface area contributed by atoms with Gasteiger partial charge in [-0.05, 0) is 24.5 Å². The van der Waals surface area contributed by atoms with Crippen LogP contribution in [0.15, 0.2) is 23.1 Å². The standard InChI is InChI=1S/C12H14ClNO4S/c1-19-7-2-3-9(13)8(6-7)11(16)14-5-4-10(15)12(17)18/h2-3,6,10,15H,4-5H2,1H3,(H,14,16)(H,17,18). The Morgan fingerprint density at radius 3 is 2.74 bits per heavy atom. The van der Waals surface area contributed by atoms with Crippen molar-refractivity contribution in [1.82, 2.24) is 5.32 Å². The number of benzene rings is 1. The molecule has 0 spiro atoms. The Hall–Kier alpha value is -1.24. The molecule has 0 aliphatic heterocycles. The minimum Gasteiger partial charge on any atom is -0.479 e. The average Bonchev–Trinajstić information content (AvgIpc) is 2.38. The third-order valence-corrected chi connectivity index (χ3v) is 3.46. The molecule has 1 unspecified atom stereocenters. The lowest BCUT2D eigenvalue weighted by atomic mass is 10.2. The summed E-state index contributed by atoms with van der Waals surface area (Å²) in [5, 5.41) is 20.4. The zero-order valence-corrected chi connectivity index (χ0v) is 11.8. The molecule has 0 aliphatic carbocycles. The second kappa shape index (κ2) is 7.37. The first-order chi connectivity index (χ1) is 8.95. The van der Waals surface area contributed by atoms with Crippen LogP contribution in [0.5, 0.6) is 0 Å². The highest BCUT2D eigenvalue weighted by atomic mass is 35.5. The van der Waals surface area contributed by atoms with Crippen LogP contribution in [0.3, 0.4) is 0 Å². The summed E-state index contributed by atoms with van der Waals surface area (Å²) in [4.78, 5) is 23.2. The largest absolute Gasteiger partial charge is 0.479 e. The lowest BCUT2D eigenvalue weighted by Crippen LogP contribution is -2.30. The fraction of sp³-hybridized carbons (Fsp3) is 0.333. The quantitative estimate of drug-likeness (QED) is 0.695. The topological polar surface area (TPSA) is 86.6 Å². The van der Waals surface area contributed by atoms with Gasteiger partial charge in [0.15, 0.2) is 6.10 Å². The number of carboxylic acid groups (broad SMARTS) is 1. The Bertz CT molecular complexity index is 481. The first kappa shape index (κ1) is 15.8. The average molecular weight is 304 g/mol. The van der Waals surface area contributed by atoms with E-state index in [4.69, 9.17) is 21.8 Å². The van der Waals surface area contributed by atoms with E-state index in [9.17, 15) is 9.59 Å². The van der Waals surface area contributed by atoms with E-state index < -0.39 is 18.0 Å². The third-order valence-electron chi connectivity index (χ3n) is 2.41. The molecule has 0 aromatic heterocycles. The third kappa shape index (κ3) is 4.74. The molecule has 1 aromatic carbocycles. The molecule has 1 aromatic rings. The van der Waals surface area contributed by atoms with Crippen LogP contribution in [-0.4, -0.2) is 41.0 Å². The molecule has 1 amide bonds. The summed E-state index contributed by atoms with van der Waals surface area (Å²) >= 11 is 7.41. The highest BCUT2D eigenvalue weighted by molar-refractivity contribution is 7.98. The van der Waals surface area contributed by atoms with Gasteiger partial charge in [0, 0.05) is 17.9 Å². The van der Waals surface area contributed by atoms with Crippen molar-refractivity contribution < 1.29 is 19.8 Å². The molecule has 7 heteroatoms. The van der Waals surface area contributed by atoms with Crippen LogP contribution in [0.1, 0.15) is 16.8 Å². The smallest absolute Gasteiger partial charge is 0.332 e. The highest BCUT2D eigenvalue weighted by Crippen LogP contribution is 2.22. The molecule has 104 valence electrons. The number of hydrogen-bond acceptors (Lipinski definition) is 4. The van der Waals surface area contributed by atoms with Crippen molar-refractivity contribution in [2.75, 3.05) is 12.8 Å². The van der Waals surface area contributed by atoms with E-state index in [2.05, 4.69) is 5.32 Å². The summed E-state index contributed by atoms with van der Waals surface area (Å²) in [6, 6.07) is 5.10. The molecule has 0 fully saturated rings. The molecule has 0 saturated carbocycles. The molecule has 0 heterocycles. The van der Waals surface area contributed by atoms with Gasteiger partial charge in [-0.15, -0.1) is 11.8 Å². The van der Waals surface area contributed by atoms with Gasteiger partial charge in [0.1, 0.15) is 0 Å². The number of carboxylic acids is 1. The Morgan fingerprint density at radius 2 is 2.16 bits per heavy atom. The fourth-order valence-electron chi connectivity index (χ4n) is 1.35. The number of hydrogen-bond donors (Lipinski definition) is 3. The van der Waals surface area contributed by atoms with Gasteiger partial charge in [0.2, 0.25) is 0 Å². The van der Waals surface area contributed by atoms with E-state index in [0.29, 0.717) is 10.6 Å². The number of nitrogens with one attached hydrogen (secondary N) is 1. The minimum absolute atomic E-state index is 0.0547. The zero-order valence-electron chi connectivity index (χ0n) is 10.2. The van der Waals surface area contributed by atoms with Crippen molar-refractivity contribution in [1.29, 1.82) is 0 Å². The number of aliphatic carboxylic acids is 1. The summed E-state index contributed by atoms with van der Waals surface area (Å²) in [5.41, 5.74) is 0.332. The molecule has 19 heavy (non-hydrogen) atoms. The minimum atomic E-state index is -1.48. The van der Waals surface area contributed by atoms with Crippen molar-refractivity contribution in [3.63, 3.8) is 0 Å². The monoisotopic (exact) mass is 303 g/mol. The molecular weight excluding hydrogens is 290 g/mol. The highest BCUT2D eigenvalue weighted by Gasteiger charge is 2.15. The number of thioether (sulfide) groups is 1. The fourth-order valence-corrected chi connectivity index (χ4v) is 1.99. The SMILES string of the molecule is CSc1ccc(Cl)c(C(=O)NCCC(O)C(=O)O)c1. The van der Waals surface area contributed by atoms with E-state index in [1.54, 1.807) is 18.2 Å². The summed E-state index contributed by atoms with van der Waals surface area (Å²) in [6.45, 7) is 0.0616. The second-order valence-electron chi connectivity index (χ2n) is 3.74. The van der Waals surface area contributed by atoms with E-state index in [1.165, 1.54) is 11.8 Å². The maximum Gasteiger partial charge on any atom is 0.332 e. The van der Waals surface area contributed by atoms with Crippen LogP contribution < -0.4 is 5.32 Å². The lowest BCUT2D eigenvalue weighted by molar-refractivity contribution is -0.146. The number of halogens is 1. The lowest BCUT2D eigenvalue weighted by Gasteiger charge is -2.09. The van der Waals surface area contributed by atoms with Crippen LogP contribution in [-0.2, 0) is 4.79 Å². The van der Waals surface area contributed by atoms with Gasteiger partial charge in [-0.1, -0.05) is 11.6 Å². The maximum atomic E-state index is 11.9. The van der Waals surface area contributed by atoms with Crippen molar-refractivity contribution in [3.8, 4) is 0 Å². The van der Waals surface area contributed by atoms with E-state index >= 15 is 0 Å². The van der Waals surface area contributed by atoms with Gasteiger partial charge < -0.3 is 15.5 Å². The van der Waals surface area contributed by atoms with Crippen molar-refractivity contribution in [2.45, 2.75) is 17.4 Å². The van der Waals surface area contributed by atoms with Crippen LogP contribution in [0.25, 0.3) is 0 Å². The number of amides is 1. The summed E-state index contributed by atoms with van der Waals surface area (Å²) in [6.07, 6.45) is 0.350. The number of aliphatic hydroxyl groups excluding tert-OH is 1. The molecule has 0 bridgehead atoms. The van der Waals surface area contributed by atoms with E-state index in [1.807, 2.05) is 6.26 Å². The van der Waals surface area contributed by atoms with Gasteiger partial charge in [-0.3, -0.25) is 4.79 Å². The molecular formula is C12H14ClNO4S.